The molecule has 100 valence electrons. The molecule has 0 saturated carbocycles. The lowest BCUT2D eigenvalue weighted by molar-refractivity contribution is -0.136. The summed E-state index contributed by atoms with van der Waals surface area (Å²) in [6.45, 7) is 1.12. The van der Waals surface area contributed by atoms with E-state index in [9.17, 15) is 13.2 Å². The molecule has 1 aromatic carbocycles. The predicted octanol–water partition coefficient (Wildman–Crippen LogP) is 0.436. The van der Waals surface area contributed by atoms with Crippen LogP contribution < -0.4 is 4.72 Å². The van der Waals surface area contributed by atoms with E-state index >= 15 is 0 Å². The fourth-order valence-electron chi connectivity index (χ4n) is 1.25. The number of carbonyl (C=O) groups is 1. The molecule has 0 aliphatic heterocycles. The van der Waals surface area contributed by atoms with Crippen molar-refractivity contribution in [2.24, 2.45) is 0 Å². The number of aliphatic carboxylic acids is 1. The third kappa shape index (κ3) is 3.71. The van der Waals surface area contributed by atoms with Crippen LogP contribution >= 0.6 is 0 Å². The van der Waals surface area contributed by atoms with Crippen molar-refractivity contribution in [1.82, 2.24) is 0 Å². The minimum absolute atomic E-state index is 0.0150. The molecule has 0 radical (unpaired) electrons. The second-order valence-corrected chi connectivity index (χ2v) is 5.80. The van der Waals surface area contributed by atoms with Crippen LogP contribution in [-0.4, -0.2) is 36.5 Å². The van der Waals surface area contributed by atoms with Crippen molar-refractivity contribution >= 4 is 21.7 Å². The lowest BCUT2D eigenvalue weighted by atomic mass is 10.1. The third-order valence-corrected chi connectivity index (χ3v) is 4.08. The molecule has 0 fully saturated rings. The Balaban J connectivity index is 2.81. The van der Waals surface area contributed by atoms with Gasteiger partial charge in [-0.1, -0.05) is 12.1 Å². The molecule has 0 aliphatic carbocycles. The Bertz CT molecular complexity index is 509. The molecule has 3 N–H and O–H groups in total. The van der Waals surface area contributed by atoms with Crippen LogP contribution in [-0.2, 0) is 21.2 Å². The number of carboxylic acid groups (broad SMARTS) is 1. The van der Waals surface area contributed by atoms with E-state index in [1.807, 2.05) is 0 Å². The van der Waals surface area contributed by atoms with Gasteiger partial charge >= 0.3 is 5.97 Å². The summed E-state index contributed by atoms with van der Waals surface area (Å²) in [4.78, 5) is 10.6. The molecule has 1 unspecified atom stereocenters. The zero-order valence-corrected chi connectivity index (χ0v) is 10.6. The Hall–Kier alpha value is -1.60. The van der Waals surface area contributed by atoms with Gasteiger partial charge in [-0.3, -0.25) is 9.52 Å². The minimum atomic E-state index is -3.94. The smallest absolute Gasteiger partial charge is 0.323 e. The molecule has 0 aliphatic rings. The molecule has 1 aromatic rings. The van der Waals surface area contributed by atoms with E-state index in [0.29, 0.717) is 12.1 Å². The quantitative estimate of drug-likeness (QED) is 0.697. The normalized spacial score (nSPS) is 13.0. The lowest BCUT2D eigenvalue weighted by Gasteiger charge is -2.11. The van der Waals surface area contributed by atoms with Gasteiger partial charge in [-0.2, -0.15) is 0 Å². The van der Waals surface area contributed by atoms with Crippen molar-refractivity contribution < 1.29 is 23.4 Å². The molecule has 0 amide bonds. The number of anilines is 1. The van der Waals surface area contributed by atoms with Gasteiger partial charge in [0, 0.05) is 12.3 Å². The number of aliphatic hydroxyl groups excluding tert-OH is 1. The number of hydrogen-bond acceptors (Lipinski definition) is 4. The zero-order valence-electron chi connectivity index (χ0n) is 9.83. The topological polar surface area (TPSA) is 104 Å². The van der Waals surface area contributed by atoms with E-state index in [-0.39, 0.29) is 6.61 Å². The average molecular weight is 273 g/mol. The maximum absolute atomic E-state index is 11.6. The maximum atomic E-state index is 11.6. The number of nitrogens with one attached hydrogen (secondary N) is 1. The Labute approximate surface area is 105 Å². The molecule has 7 heteroatoms. The number of aliphatic hydroxyl groups is 1. The van der Waals surface area contributed by atoms with Gasteiger partial charge in [-0.25, -0.2) is 8.42 Å². The summed E-state index contributed by atoms with van der Waals surface area (Å²) in [5.74, 6) is -1.40. The Morgan fingerprint density at radius 1 is 1.33 bits per heavy atom. The summed E-state index contributed by atoms with van der Waals surface area (Å²) in [6.07, 6.45) is 0.485. The summed E-state index contributed by atoms with van der Waals surface area (Å²) < 4.78 is 25.4. The summed E-state index contributed by atoms with van der Waals surface area (Å²) in [7, 11) is -3.94. The van der Waals surface area contributed by atoms with Gasteiger partial charge in [0.2, 0.25) is 10.0 Å². The van der Waals surface area contributed by atoms with Gasteiger partial charge in [0.05, 0.1) is 0 Å². The lowest BCUT2D eigenvalue weighted by Crippen LogP contribution is -2.32. The SMILES string of the molecule is CC(C(=O)O)S(=O)(=O)Nc1ccc(CCO)cc1. The van der Waals surface area contributed by atoms with Crippen LogP contribution in [0.4, 0.5) is 5.69 Å². The second kappa shape index (κ2) is 5.83. The first-order chi connectivity index (χ1) is 8.36. The van der Waals surface area contributed by atoms with E-state index in [0.717, 1.165) is 12.5 Å². The molecule has 1 rings (SSSR count). The summed E-state index contributed by atoms with van der Waals surface area (Å²) >= 11 is 0. The van der Waals surface area contributed by atoms with Gasteiger partial charge in [0.1, 0.15) is 0 Å². The predicted molar refractivity (Wildman–Crippen MR) is 66.9 cm³/mol. The highest BCUT2D eigenvalue weighted by Gasteiger charge is 2.27. The van der Waals surface area contributed by atoms with Gasteiger partial charge in [0.25, 0.3) is 0 Å². The highest BCUT2D eigenvalue weighted by Crippen LogP contribution is 2.13. The summed E-state index contributed by atoms with van der Waals surface area (Å²) in [5.41, 5.74) is 1.16. The average Bonchev–Trinajstić information content (AvgIpc) is 2.30. The van der Waals surface area contributed by atoms with Gasteiger partial charge in [-0.05, 0) is 31.0 Å². The Morgan fingerprint density at radius 3 is 2.33 bits per heavy atom. The van der Waals surface area contributed by atoms with E-state index in [4.69, 9.17) is 10.2 Å². The van der Waals surface area contributed by atoms with E-state index in [1.165, 1.54) is 12.1 Å². The van der Waals surface area contributed by atoms with Gasteiger partial charge in [0.15, 0.2) is 5.25 Å². The molecule has 18 heavy (non-hydrogen) atoms. The third-order valence-electron chi connectivity index (χ3n) is 2.43. The first kappa shape index (κ1) is 14.5. The molecule has 6 nitrogen and oxygen atoms in total. The van der Waals surface area contributed by atoms with E-state index in [1.54, 1.807) is 12.1 Å². The number of hydrogen-bond donors (Lipinski definition) is 3. The maximum Gasteiger partial charge on any atom is 0.323 e. The van der Waals surface area contributed by atoms with E-state index in [2.05, 4.69) is 4.72 Å². The largest absolute Gasteiger partial charge is 0.480 e. The zero-order chi connectivity index (χ0) is 13.8. The fraction of sp³-hybridized carbons (Fsp3) is 0.364. The van der Waals surface area contributed by atoms with Gasteiger partial charge < -0.3 is 10.2 Å². The van der Waals surface area contributed by atoms with Crippen molar-refractivity contribution in [3.8, 4) is 0 Å². The molecular weight excluding hydrogens is 258 g/mol. The molecule has 1 atom stereocenters. The first-order valence-corrected chi connectivity index (χ1v) is 6.85. The summed E-state index contributed by atoms with van der Waals surface area (Å²) in [5, 5.41) is 15.9. The van der Waals surface area contributed by atoms with Crippen LogP contribution in [0.2, 0.25) is 0 Å². The second-order valence-electron chi connectivity index (χ2n) is 3.80. The van der Waals surface area contributed by atoms with Crippen molar-refractivity contribution in [2.75, 3.05) is 11.3 Å². The van der Waals surface area contributed by atoms with Crippen LogP contribution in [0, 0.1) is 0 Å². The van der Waals surface area contributed by atoms with Gasteiger partial charge in [-0.15, -0.1) is 0 Å². The van der Waals surface area contributed by atoms with E-state index < -0.39 is 21.2 Å². The standard InChI is InChI=1S/C11H15NO5S/c1-8(11(14)15)18(16,17)12-10-4-2-9(3-5-10)6-7-13/h2-5,8,12-13H,6-7H2,1H3,(H,14,15). The highest BCUT2D eigenvalue weighted by molar-refractivity contribution is 7.94. The Morgan fingerprint density at radius 2 is 1.89 bits per heavy atom. The minimum Gasteiger partial charge on any atom is -0.480 e. The fourth-order valence-corrected chi connectivity index (χ4v) is 2.16. The van der Waals surface area contributed by atoms with Crippen LogP contribution in [0.1, 0.15) is 12.5 Å². The highest BCUT2D eigenvalue weighted by atomic mass is 32.2. The van der Waals surface area contributed by atoms with Crippen molar-refractivity contribution in [3.05, 3.63) is 29.8 Å². The molecular formula is C11H15NO5S. The molecule has 0 heterocycles. The van der Waals surface area contributed by atoms with Crippen molar-refractivity contribution in [2.45, 2.75) is 18.6 Å². The number of rotatable bonds is 6. The van der Waals surface area contributed by atoms with Crippen LogP contribution in [0.25, 0.3) is 0 Å². The van der Waals surface area contributed by atoms with Crippen molar-refractivity contribution in [3.63, 3.8) is 0 Å². The Kier molecular flexibility index (Phi) is 4.69. The van der Waals surface area contributed by atoms with Crippen LogP contribution in [0.5, 0.6) is 0 Å². The molecule has 0 spiro atoms. The summed E-state index contributed by atoms with van der Waals surface area (Å²) in [6, 6.07) is 6.38. The number of carboxylic acids is 1. The van der Waals surface area contributed by atoms with Crippen LogP contribution in [0.15, 0.2) is 24.3 Å². The number of sulfonamides is 1. The van der Waals surface area contributed by atoms with Crippen molar-refractivity contribution in [1.29, 1.82) is 0 Å². The first-order valence-electron chi connectivity index (χ1n) is 5.31. The van der Waals surface area contributed by atoms with Crippen LogP contribution in [0.3, 0.4) is 0 Å². The number of benzene rings is 1. The molecule has 0 saturated heterocycles. The molecule has 0 aromatic heterocycles. The molecule has 0 bridgehead atoms. The monoisotopic (exact) mass is 273 g/mol.